The molecule has 1 heterocycles. The fourth-order valence-electron chi connectivity index (χ4n) is 8.06. The minimum absolute atomic E-state index is 0.121. The van der Waals surface area contributed by atoms with Crippen molar-refractivity contribution in [3.63, 3.8) is 0 Å². The number of allylic oxidation sites excluding steroid dienone is 3. The number of fused-ring (bicyclic) bond motifs is 5. The van der Waals surface area contributed by atoms with Crippen molar-refractivity contribution in [3.05, 3.63) is 35.4 Å². The van der Waals surface area contributed by atoms with Crippen molar-refractivity contribution in [1.82, 2.24) is 9.97 Å². The summed E-state index contributed by atoms with van der Waals surface area (Å²) >= 11 is 0. The Balaban J connectivity index is 1.57. The van der Waals surface area contributed by atoms with Crippen molar-refractivity contribution in [3.8, 4) is 0 Å². The largest absolute Gasteiger partial charge is 0.393 e. The molecule has 3 heteroatoms. The fraction of sp³-hybridized carbons (Fsp3) is 0.720. The van der Waals surface area contributed by atoms with Gasteiger partial charge in [0.2, 0.25) is 0 Å². The summed E-state index contributed by atoms with van der Waals surface area (Å²) in [5, 5.41) is 10.3. The number of aromatic nitrogens is 2. The van der Waals surface area contributed by atoms with Gasteiger partial charge in [-0.2, -0.15) is 0 Å². The third kappa shape index (κ3) is 2.41. The lowest BCUT2D eigenvalue weighted by molar-refractivity contribution is -0.0468. The molecule has 0 spiro atoms. The molecule has 1 aromatic rings. The SMILES string of the molecule is CC[C@H]1C=C2C[C@@H](O)CC[C@]2(C)[C@H]2CC[C@]3(C)C(c4cnc[nH]4)=C(C)C[C@H]3[C@H]12. The van der Waals surface area contributed by atoms with E-state index in [1.54, 1.807) is 16.7 Å². The highest BCUT2D eigenvalue weighted by molar-refractivity contribution is 5.73. The Morgan fingerprint density at radius 2 is 1.93 bits per heavy atom. The lowest BCUT2D eigenvalue weighted by atomic mass is 9.45. The number of aromatic amines is 1. The summed E-state index contributed by atoms with van der Waals surface area (Å²) in [6.07, 6.45) is 14.5. The van der Waals surface area contributed by atoms with Gasteiger partial charge in [-0.25, -0.2) is 4.98 Å². The maximum absolute atomic E-state index is 10.3. The van der Waals surface area contributed by atoms with Crippen molar-refractivity contribution >= 4 is 5.57 Å². The van der Waals surface area contributed by atoms with Crippen molar-refractivity contribution < 1.29 is 5.11 Å². The highest BCUT2D eigenvalue weighted by Gasteiger charge is 2.59. The molecule has 0 aliphatic heterocycles. The molecule has 28 heavy (non-hydrogen) atoms. The second-order valence-electron chi connectivity index (χ2n) is 10.6. The third-order valence-electron chi connectivity index (χ3n) is 9.40. The molecule has 7 atom stereocenters. The van der Waals surface area contributed by atoms with Crippen molar-refractivity contribution in [2.75, 3.05) is 0 Å². The maximum Gasteiger partial charge on any atom is 0.0924 e. The van der Waals surface area contributed by atoms with Crippen LogP contribution in [0.2, 0.25) is 0 Å². The van der Waals surface area contributed by atoms with Gasteiger partial charge in [-0.05, 0) is 91.9 Å². The molecule has 3 nitrogen and oxygen atoms in total. The van der Waals surface area contributed by atoms with Crippen LogP contribution in [-0.2, 0) is 0 Å². The Hall–Kier alpha value is -1.35. The average molecular weight is 381 g/mol. The van der Waals surface area contributed by atoms with Gasteiger partial charge in [0.1, 0.15) is 0 Å². The molecule has 2 saturated carbocycles. The van der Waals surface area contributed by atoms with Crippen molar-refractivity contribution in [2.24, 2.45) is 34.5 Å². The van der Waals surface area contributed by atoms with Gasteiger partial charge < -0.3 is 10.1 Å². The van der Waals surface area contributed by atoms with Crippen molar-refractivity contribution in [1.29, 1.82) is 0 Å². The molecular weight excluding hydrogens is 344 g/mol. The fourth-order valence-corrected chi connectivity index (χ4v) is 8.06. The molecule has 2 N–H and O–H groups in total. The lowest BCUT2D eigenvalue weighted by Crippen LogP contribution is -2.52. The van der Waals surface area contributed by atoms with Crippen molar-refractivity contribution in [2.45, 2.75) is 78.7 Å². The van der Waals surface area contributed by atoms with Crippen LogP contribution in [0.4, 0.5) is 0 Å². The summed E-state index contributed by atoms with van der Waals surface area (Å²) < 4.78 is 0. The van der Waals surface area contributed by atoms with E-state index in [0.29, 0.717) is 11.3 Å². The molecule has 0 saturated heterocycles. The Morgan fingerprint density at radius 1 is 1.14 bits per heavy atom. The van der Waals surface area contributed by atoms with Gasteiger partial charge >= 0.3 is 0 Å². The lowest BCUT2D eigenvalue weighted by Gasteiger charge is -2.59. The first-order valence-corrected chi connectivity index (χ1v) is 11.5. The Bertz CT molecular complexity index is 822. The predicted octanol–water partition coefficient (Wildman–Crippen LogP) is 5.75. The van der Waals surface area contributed by atoms with Gasteiger partial charge in [-0.15, -0.1) is 0 Å². The monoisotopic (exact) mass is 380 g/mol. The van der Waals surface area contributed by atoms with Gasteiger partial charge in [-0.1, -0.05) is 38.0 Å². The highest BCUT2D eigenvalue weighted by Crippen LogP contribution is 2.68. The highest BCUT2D eigenvalue weighted by atomic mass is 16.3. The van der Waals surface area contributed by atoms with Crippen LogP contribution >= 0.6 is 0 Å². The van der Waals surface area contributed by atoms with Crippen LogP contribution in [0.5, 0.6) is 0 Å². The van der Waals surface area contributed by atoms with Crippen LogP contribution in [0.25, 0.3) is 5.57 Å². The van der Waals surface area contributed by atoms with Crippen LogP contribution in [0, 0.1) is 34.5 Å². The number of nitrogens with zero attached hydrogens (tertiary/aromatic N) is 1. The summed E-state index contributed by atoms with van der Waals surface area (Å²) in [7, 11) is 0. The number of H-pyrrole nitrogens is 1. The van der Waals surface area contributed by atoms with E-state index in [-0.39, 0.29) is 11.5 Å². The smallest absolute Gasteiger partial charge is 0.0924 e. The molecule has 0 amide bonds. The minimum Gasteiger partial charge on any atom is -0.393 e. The van der Waals surface area contributed by atoms with E-state index in [4.69, 9.17) is 0 Å². The van der Waals surface area contributed by atoms with Crippen LogP contribution in [0.1, 0.15) is 78.3 Å². The summed E-state index contributed by atoms with van der Waals surface area (Å²) in [6, 6.07) is 0. The number of aliphatic hydroxyl groups excluding tert-OH is 1. The molecule has 1 aromatic heterocycles. The number of imidazole rings is 1. The van der Waals surface area contributed by atoms with E-state index < -0.39 is 0 Å². The predicted molar refractivity (Wildman–Crippen MR) is 113 cm³/mol. The maximum atomic E-state index is 10.3. The topological polar surface area (TPSA) is 48.9 Å². The molecule has 0 aromatic carbocycles. The quantitative estimate of drug-likeness (QED) is 0.642. The van der Waals surface area contributed by atoms with E-state index >= 15 is 0 Å². The van der Waals surface area contributed by atoms with Crippen LogP contribution in [0.3, 0.4) is 0 Å². The van der Waals surface area contributed by atoms with E-state index in [0.717, 1.165) is 30.6 Å². The van der Waals surface area contributed by atoms with Crippen LogP contribution in [-0.4, -0.2) is 21.2 Å². The second-order valence-corrected chi connectivity index (χ2v) is 10.6. The Labute approximate surface area is 169 Å². The molecule has 5 rings (SSSR count). The molecular formula is C25H36N2O. The van der Waals surface area contributed by atoms with Gasteiger partial charge in [0.15, 0.2) is 0 Å². The summed E-state index contributed by atoms with van der Waals surface area (Å²) in [5.41, 5.74) is 6.53. The summed E-state index contributed by atoms with van der Waals surface area (Å²) in [5.74, 6) is 2.94. The standard InChI is InChI=1S/C25H36N2O/c1-5-16-11-17-12-18(28)6-8-24(17,3)19-7-9-25(4)20(22(16)19)10-15(2)23(25)21-13-26-14-27-21/h11,13-14,16,18-20,22,28H,5-10,12H2,1-4H3,(H,26,27)/t16-,18-,19-,20-,22+,24-,25-/m0/s1. The van der Waals surface area contributed by atoms with Gasteiger partial charge in [0.25, 0.3) is 0 Å². The van der Waals surface area contributed by atoms with Crippen LogP contribution < -0.4 is 0 Å². The van der Waals surface area contributed by atoms with E-state index in [9.17, 15) is 5.11 Å². The van der Waals surface area contributed by atoms with E-state index in [1.165, 1.54) is 37.8 Å². The zero-order valence-electron chi connectivity index (χ0n) is 18.0. The average Bonchev–Trinajstić information content (AvgIpc) is 3.26. The first-order valence-electron chi connectivity index (χ1n) is 11.5. The van der Waals surface area contributed by atoms with Gasteiger partial charge in [0, 0.05) is 0 Å². The van der Waals surface area contributed by atoms with E-state index in [1.807, 2.05) is 12.5 Å². The molecule has 0 radical (unpaired) electrons. The number of rotatable bonds is 2. The first kappa shape index (κ1) is 18.7. The Kier molecular flexibility index (Phi) is 4.21. The molecule has 0 bridgehead atoms. The van der Waals surface area contributed by atoms with Crippen LogP contribution in [0.15, 0.2) is 29.7 Å². The molecule has 152 valence electrons. The summed E-state index contributed by atoms with van der Waals surface area (Å²) in [6.45, 7) is 9.80. The zero-order chi connectivity index (χ0) is 19.7. The number of nitrogens with one attached hydrogen (secondary N) is 1. The number of aliphatic hydroxyl groups is 1. The number of hydrogen-bond acceptors (Lipinski definition) is 2. The zero-order valence-corrected chi connectivity index (χ0v) is 18.0. The molecule has 4 aliphatic rings. The molecule has 0 unspecified atom stereocenters. The minimum atomic E-state index is -0.121. The van der Waals surface area contributed by atoms with Gasteiger partial charge in [-0.3, -0.25) is 0 Å². The van der Waals surface area contributed by atoms with E-state index in [2.05, 4.69) is 43.7 Å². The normalized spacial score (nSPS) is 45.3. The third-order valence-corrected chi connectivity index (χ3v) is 9.40. The first-order chi connectivity index (χ1) is 13.4. The van der Waals surface area contributed by atoms with Gasteiger partial charge in [0.05, 0.1) is 24.3 Å². The number of hydrogen-bond donors (Lipinski definition) is 2. The molecule has 2 fully saturated rings. The Morgan fingerprint density at radius 3 is 2.64 bits per heavy atom. The molecule has 4 aliphatic carbocycles. The second kappa shape index (κ2) is 6.32. The summed E-state index contributed by atoms with van der Waals surface area (Å²) in [4.78, 5) is 7.75.